The Bertz CT molecular complexity index is 6030. The van der Waals surface area contributed by atoms with Crippen LogP contribution in [-0.2, 0) is 114 Å². The number of benzene rings is 3. The summed E-state index contributed by atoms with van der Waals surface area (Å²) in [5.41, 5.74) is -6.25. The molecule has 9 heterocycles. The first kappa shape index (κ1) is 81.8. The molecule has 9 aromatic heterocycles. The number of nitrogens with zero attached hydrogens (tertiary/aromatic N) is 12. The van der Waals surface area contributed by atoms with Gasteiger partial charge in [0.05, 0.1) is 51.4 Å². The summed E-state index contributed by atoms with van der Waals surface area (Å²) in [6.45, 7) is 0.613. The summed E-state index contributed by atoms with van der Waals surface area (Å²) in [5.74, 6) is -5.76. The highest BCUT2D eigenvalue weighted by Gasteiger charge is 2.37. The maximum Gasteiger partial charge on any atom is 0.573 e. The Kier molecular flexibility index (Phi) is 22.5. The highest BCUT2D eigenvalue weighted by Crippen LogP contribution is 2.51. The molecule has 3 amide bonds. The number of rotatable bonds is 21. The number of phosphoric acid groups is 1. The number of furan rings is 3. The molecule has 12 rings (SSSR count). The molecule has 0 spiro atoms. The van der Waals surface area contributed by atoms with Crippen LogP contribution in [-0.4, -0.2) is 77.9 Å². The number of amides is 3. The summed E-state index contributed by atoms with van der Waals surface area (Å²) in [4.78, 5) is 135. The van der Waals surface area contributed by atoms with Crippen LogP contribution in [0.15, 0.2) is 128 Å². The van der Waals surface area contributed by atoms with E-state index < -0.39 is 150 Å². The summed E-state index contributed by atoms with van der Waals surface area (Å²) in [6.07, 6.45) is -17.9. The first-order chi connectivity index (χ1) is 52.9. The van der Waals surface area contributed by atoms with Gasteiger partial charge in [0.15, 0.2) is 14.4 Å². The largest absolute Gasteiger partial charge is 0.573 e. The van der Waals surface area contributed by atoms with Crippen molar-refractivity contribution in [3.63, 3.8) is 0 Å². The zero-order valence-corrected chi connectivity index (χ0v) is 64.6. The van der Waals surface area contributed by atoms with Gasteiger partial charge in [-0.3, -0.25) is 83.4 Å². The number of hydrogen-bond acceptors (Lipinski definition) is 22. The minimum atomic E-state index is -5.73. The summed E-state index contributed by atoms with van der Waals surface area (Å²) >= 11 is 21.1. The van der Waals surface area contributed by atoms with Gasteiger partial charge in [-0.25, -0.2) is 18.9 Å². The Morgan fingerprint density at radius 3 is 0.903 bits per heavy atom. The predicted octanol–water partition coefficient (Wildman–Crippen LogP) is 10.7. The Labute approximate surface area is 649 Å². The van der Waals surface area contributed by atoms with Crippen LogP contribution in [0.4, 0.5) is 39.5 Å². The number of halogens is 12. The molecule has 0 aliphatic rings. The molecule has 113 heavy (non-hydrogen) atoms. The van der Waals surface area contributed by atoms with Gasteiger partial charge in [-0.1, -0.05) is 34.8 Å². The second-order valence-electron chi connectivity index (χ2n) is 24.4. The van der Waals surface area contributed by atoms with Gasteiger partial charge in [0, 0.05) is 91.8 Å². The van der Waals surface area contributed by atoms with Crippen LogP contribution in [0.3, 0.4) is 0 Å². The van der Waals surface area contributed by atoms with Gasteiger partial charge in [0.2, 0.25) is 17.1 Å². The van der Waals surface area contributed by atoms with Gasteiger partial charge >= 0.3 is 44.0 Å². The zero-order chi connectivity index (χ0) is 82.3. The summed E-state index contributed by atoms with van der Waals surface area (Å²) < 4.78 is 196. The molecule has 0 aliphatic heterocycles. The number of ether oxygens (including phenoxy) is 3. The first-order valence-corrected chi connectivity index (χ1v) is 37.2. The fourth-order valence-corrected chi connectivity index (χ4v) is 16.1. The van der Waals surface area contributed by atoms with Crippen molar-refractivity contribution in [2.45, 2.75) is 79.3 Å². The molecule has 47 heteroatoms. The molecule has 0 aliphatic carbocycles. The van der Waals surface area contributed by atoms with Gasteiger partial charge in [0.1, 0.15) is 70.9 Å². The number of aromatic nitrogens is 9. The standard InChI is InChI=1S/C66H51Cl3F9N12O19PS3/c1-28-34(49-52(94)82(4)61(97)85(7)55(49)104-28)19-46(91)79-58-88(40(22-111-58)31-10-13-43(37(67)16-31)107-64(70,71)72)25-101-110(100,102-26-89-41(32-11-14-44(38(68)17-32)108-65(73,74)75)23-112-59(89)80-47(92)20-35-29(2)105-56-50(35)53(95)83(5)62(98)86(56)8)103-27-90-42(33-12-15-45(39(69)18-33)109-66(76,77)78)24-113-60(90)81-48(93)21-36-30(3)106-57-51(36)54(96)84(6)63(99)87(57)9/h10-18,22-24H,19-21,25-27H2,1-9H3/b79-58-,80-59-,81-60-. The number of carbonyl (C=O) groups excluding carboxylic acids is 3. The fraction of sp³-hybridized carbons (Fsp3) is 0.273. The number of phosphoric ester groups is 1. The van der Waals surface area contributed by atoms with Crippen molar-refractivity contribution in [2.24, 2.45) is 57.3 Å². The molecule has 0 bridgehead atoms. The van der Waals surface area contributed by atoms with Crippen molar-refractivity contribution >= 4 is 128 Å². The summed E-state index contributed by atoms with van der Waals surface area (Å²) in [5, 5.41) is 1.38. The van der Waals surface area contributed by atoms with Crippen LogP contribution < -0.4 is 62.4 Å². The number of carbonyl (C=O) groups is 3. The van der Waals surface area contributed by atoms with E-state index in [4.69, 9.17) is 61.6 Å². The van der Waals surface area contributed by atoms with Crippen LogP contribution in [0, 0.1) is 20.8 Å². The third-order valence-corrected chi connectivity index (χ3v) is 22.0. The molecule has 31 nitrogen and oxygen atoms in total. The topological polar surface area (TPSA) is 347 Å². The second kappa shape index (κ2) is 31.0. The minimum Gasteiger partial charge on any atom is -0.444 e. The molecule has 0 atom stereocenters. The van der Waals surface area contributed by atoms with E-state index in [2.05, 4.69) is 29.2 Å². The number of hydrogen-bond donors (Lipinski definition) is 0. The van der Waals surface area contributed by atoms with E-state index in [1.54, 1.807) is 0 Å². The lowest BCUT2D eigenvalue weighted by Gasteiger charge is -2.21. The Hall–Kier alpha value is -10.6. The van der Waals surface area contributed by atoms with Crippen molar-refractivity contribution in [2.75, 3.05) is 0 Å². The molecule has 0 saturated carbocycles. The molecule has 596 valence electrons. The van der Waals surface area contributed by atoms with E-state index in [0.717, 1.165) is 95.7 Å². The Morgan fingerprint density at radius 1 is 0.425 bits per heavy atom. The predicted molar refractivity (Wildman–Crippen MR) is 386 cm³/mol. The molecule has 3 aromatic carbocycles. The lowest BCUT2D eigenvalue weighted by Crippen LogP contribution is -2.36. The monoisotopic (exact) mass is 1720 g/mol. The van der Waals surface area contributed by atoms with Gasteiger partial charge in [-0.2, -0.15) is 15.0 Å². The molecule has 12 aromatic rings. The van der Waals surface area contributed by atoms with E-state index >= 15 is 4.57 Å². The van der Waals surface area contributed by atoms with Crippen molar-refractivity contribution in [1.29, 1.82) is 0 Å². The van der Waals surface area contributed by atoms with Crippen LogP contribution >= 0.6 is 76.6 Å². The van der Waals surface area contributed by atoms with Crippen molar-refractivity contribution in [3.8, 4) is 51.0 Å². The lowest BCUT2D eigenvalue weighted by molar-refractivity contribution is -0.275. The summed E-state index contributed by atoms with van der Waals surface area (Å²) in [7, 11) is 1.72. The average Bonchev–Trinajstić information content (AvgIpc) is 1.63. The van der Waals surface area contributed by atoms with Crippen molar-refractivity contribution < 1.29 is 99.5 Å². The quantitative estimate of drug-likeness (QED) is 0.0476. The maximum absolute atomic E-state index is 16.4. The third-order valence-electron chi connectivity index (χ3n) is 17.2. The number of aryl methyl sites for hydroxylation is 6. The SMILES string of the molecule is Cc1oc2c(c1CC(=O)/N=c1\scc(-c3ccc(OC(F)(F)F)c(Cl)c3)n1COP(=O)(OCn1c(-c3ccc(OC(F)(F)F)c(Cl)c3)cs/c1=N\C(=O)Cc1c(C)oc3c1c(=O)n(C)c(=O)n3C)OCn1c(-c3ccc(OC(F)(F)F)c(Cl)c3)cs/c1=N\C(=O)Cc1c(C)oc3c1c(=O)n(C)c(=O)n3C)c(=O)n(C)c(=O)n2C. The number of thiazole rings is 3. The average molecular weight is 1720 g/mol. The fourth-order valence-electron chi connectivity index (χ4n) is 11.7. The first-order valence-electron chi connectivity index (χ1n) is 31.9. The van der Waals surface area contributed by atoms with Crippen LogP contribution in [0.1, 0.15) is 34.0 Å². The lowest BCUT2D eigenvalue weighted by atomic mass is 10.1. The molecular formula is C66H51Cl3F9N12O19PS3. The third kappa shape index (κ3) is 16.8. The molecule has 0 saturated heterocycles. The van der Waals surface area contributed by atoms with Gasteiger partial charge < -0.3 is 27.5 Å². The molecule has 0 fully saturated rings. The smallest absolute Gasteiger partial charge is 0.444 e. The van der Waals surface area contributed by atoms with Gasteiger partial charge in [-0.05, 0) is 75.4 Å². The van der Waals surface area contributed by atoms with Crippen LogP contribution in [0.2, 0.25) is 15.1 Å². The summed E-state index contributed by atoms with van der Waals surface area (Å²) in [6, 6.07) is 8.64. The van der Waals surface area contributed by atoms with E-state index in [1.807, 2.05) is 0 Å². The van der Waals surface area contributed by atoms with E-state index in [1.165, 1.54) is 79.2 Å². The van der Waals surface area contributed by atoms with E-state index in [0.29, 0.717) is 34.0 Å². The normalized spacial score (nSPS) is 12.9. The molecular weight excluding hydrogens is 1670 g/mol. The van der Waals surface area contributed by atoms with Gasteiger partial charge in [0.25, 0.3) is 34.4 Å². The minimum absolute atomic E-state index is 0.00635. The van der Waals surface area contributed by atoms with Crippen LogP contribution in [0.5, 0.6) is 17.2 Å². The molecule has 0 radical (unpaired) electrons. The molecule has 0 N–H and O–H groups in total. The second-order valence-corrected chi connectivity index (χ2v) is 29.8. The Balaban J connectivity index is 1.02. The number of alkyl halides is 9. The van der Waals surface area contributed by atoms with Crippen molar-refractivity contribution in [1.82, 2.24) is 41.1 Å². The maximum atomic E-state index is 16.4. The van der Waals surface area contributed by atoms with E-state index in [-0.39, 0.29) is 115 Å². The highest BCUT2D eigenvalue weighted by atomic mass is 35.5. The highest BCUT2D eigenvalue weighted by molar-refractivity contribution is 7.48. The zero-order valence-electron chi connectivity index (χ0n) is 59.0. The van der Waals surface area contributed by atoms with Crippen molar-refractivity contribution in [3.05, 3.63) is 197 Å². The van der Waals surface area contributed by atoms with Gasteiger partial charge in [-0.15, -0.1) is 73.5 Å². The number of fused-ring (bicyclic) bond motifs is 3. The van der Waals surface area contributed by atoms with E-state index in [9.17, 15) is 82.7 Å². The molecule has 0 unspecified atom stereocenters. The van der Waals surface area contributed by atoms with Crippen LogP contribution in [0.25, 0.3) is 67.1 Å². The Morgan fingerprint density at radius 2 is 0.673 bits per heavy atom.